The second-order valence-corrected chi connectivity index (χ2v) is 22.0. The van der Waals surface area contributed by atoms with Crippen molar-refractivity contribution in [1.29, 1.82) is 0 Å². The minimum atomic E-state index is -1.13. The second kappa shape index (κ2) is 58.7. The van der Waals surface area contributed by atoms with E-state index in [9.17, 15) is 20.1 Å². The van der Waals surface area contributed by atoms with Crippen LogP contribution < -0.4 is 5.32 Å². The summed E-state index contributed by atoms with van der Waals surface area (Å²) in [6, 6.07) is -0.807. The van der Waals surface area contributed by atoms with E-state index >= 15 is 0 Å². The highest BCUT2D eigenvalue weighted by Gasteiger charge is 2.26. The van der Waals surface area contributed by atoms with Gasteiger partial charge in [-0.3, -0.25) is 4.79 Å². The van der Waals surface area contributed by atoms with Crippen LogP contribution in [0.3, 0.4) is 0 Å². The van der Waals surface area contributed by atoms with Crippen molar-refractivity contribution in [2.75, 3.05) is 6.61 Å². The third-order valence-corrected chi connectivity index (χ3v) is 15.1. The number of nitrogens with one attached hydrogen (secondary N) is 1. The first-order valence-electron chi connectivity index (χ1n) is 31.5. The summed E-state index contributed by atoms with van der Waals surface area (Å²) in [4.78, 5) is 12.5. The van der Waals surface area contributed by atoms with Gasteiger partial charge in [0, 0.05) is 6.42 Å². The average Bonchev–Trinajstić information content (AvgIpc) is 3.34. The van der Waals surface area contributed by atoms with Gasteiger partial charge in [0.1, 0.15) is 6.10 Å². The molecule has 3 unspecified atom stereocenters. The fourth-order valence-corrected chi connectivity index (χ4v) is 10.3. The molecule has 0 aromatic rings. The molecule has 3 atom stereocenters. The van der Waals surface area contributed by atoms with Gasteiger partial charge in [-0.2, -0.15) is 0 Å². The lowest BCUT2D eigenvalue weighted by Crippen LogP contribution is -2.50. The molecule has 0 rings (SSSR count). The molecule has 4 N–H and O–H groups in total. The number of hydrogen-bond acceptors (Lipinski definition) is 4. The van der Waals surface area contributed by atoms with Gasteiger partial charge in [-0.15, -0.1) is 0 Å². The molecule has 0 spiro atoms. The van der Waals surface area contributed by atoms with Crippen molar-refractivity contribution in [3.8, 4) is 0 Å². The zero-order valence-corrected chi connectivity index (χ0v) is 46.5. The molecule has 0 radical (unpaired) electrons. The lowest BCUT2D eigenvalue weighted by molar-refractivity contribution is -0.124. The molecule has 1 amide bonds. The van der Waals surface area contributed by atoms with Gasteiger partial charge in [0.2, 0.25) is 5.91 Å². The Bertz CT molecular complexity index is 971. The molecular weight excluding hydrogens is 835 g/mol. The van der Waals surface area contributed by atoms with Crippen LogP contribution in [0.5, 0.6) is 0 Å². The van der Waals surface area contributed by atoms with Crippen LogP contribution in [-0.2, 0) is 4.79 Å². The molecule has 0 aliphatic carbocycles. The van der Waals surface area contributed by atoms with Gasteiger partial charge in [0.05, 0.1) is 18.8 Å². The molecule has 0 aliphatic heterocycles. The zero-order valence-electron chi connectivity index (χ0n) is 46.5. The minimum absolute atomic E-state index is 0.137. The van der Waals surface area contributed by atoms with Crippen molar-refractivity contribution < 1.29 is 20.1 Å². The monoisotopic (exact) mass is 960 g/mol. The maximum absolute atomic E-state index is 12.5. The molecule has 0 aromatic carbocycles. The van der Waals surface area contributed by atoms with E-state index in [2.05, 4.69) is 31.3 Å². The van der Waals surface area contributed by atoms with E-state index in [-0.39, 0.29) is 12.5 Å². The fraction of sp³-hybridized carbons (Fsp3) is 0.952. The number of rotatable bonds is 59. The maximum atomic E-state index is 12.5. The summed E-state index contributed by atoms with van der Waals surface area (Å²) < 4.78 is 0. The zero-order chi connectivity index (χ0) is 49.3. The molecule has 5 nitrogen and oxygen atoms in total. The number of aliphatic hydroxyl groups excluding tert-OH is 3. The van der Waals surface area contributed by atoms with Crippen molar-refractivity contribution in [2.24, 2.45) is 0 Å². The van der Waals surface area contributed by atoms with Crippen molar-refractivity contribution in [2.45, 2.75) is 379 Å². The van der Waals surface area contributed by atoms with Crippen molar-refractivity contribution in [1.82, 2.24) is 5.32 Å². The Morgan fingerprint density at radius 1 is 0.353 bits per heavy atom. The Labute approximate surface area is 427 Å². The molecule has 0 aliphatic rings. The third-order valence-electron chi connectivity index (χ3n) is 15.1. The highest BCUT2D eigenvalue weighted by Crippen LogP contribution is 2.19. The summed E-state index contributed by atoms with van der Waals surface area (Å²) >= 11 is 0. The van der Waals surface area contributed by atoms with Crippen LogP contribution in [0.25, 0.3) is 0 Å². The van der Waals surface area contributed by atoms with E-state index in [4.69, 9.17) is 0 Å². The first-order valence-corrected chi connectivity index (χ1v) is 31.5. The van der Waals surface area contributed by atoms with Crippen LogP contribution in [0.15, 0.2) is 12.2 Å². The van der Waals surface area contributed by atoms with Crippen LogP contribution >= 0.6 is 0 Å². The molecule has 0 saturated heterocycles. The second-order valence-electron chi connectivity index (χ2n) is 22.0. The smallest absolute Gasteiger partial charge is 0.220 e. The topological polar surface area (TPSA) is 89.8 Å². The van der Waals surface area contributed by atoms with Gasteiger partial charge in [0.15, 0.2) is 0 Å². The summed E-state index contributed by atoms with van der Waals surface area (Å²) in [6.07, 6.45) is 74.0. The number of carbonyl (C=O) groups excluding carboxylic acids is 1. The van der Waals surface area contributed by atoms with E-state index in [0.29, 0.717) is 12.8 Å². The lowest BCUT2D eigenvalue weighted by atomic mass is 9.99. The minimum Gasteiger partial charge on any atom is -0.394 e. The molecule has 0 saturated carbocycles. The normalized spacial score (nSPS) is 13.2. The van der Waals surface area contributed by atoms with Crippen molar-refractivity contribution in [3.63, 3.8) is 0 Å². The first-order chi connectivity index (χ1) is 33.6. The van der Waals surface area contributed by atoms with Gasteiger partial charge < -0.3 is 20.6 Å². The summed E-state index contributed by atoms with van der Waals surface area (Å²) in [5, 5.41) is 33.8. The molecule has 0 aromatic heterocycles. The predicted molar refractivity (Wildman–Crippen MR) is 301 cm³/mol. The Hall–Kier alpha value is -0.910. The van der Waals surface area contributed by atoms with E-state index in [1.807, 2.05) is 0 Å². The highest BCUT2D eigenvalue weighted by atomic mass is 16.3. The highest BCUT2D eigenvalue weighted by molar-refractivity contribution is 5.76. The number of amides is 1. The van der Waals surface area contributed by atoms with Crippen LogP contribution in [0.1, 0.15) is 361 Å². The number of hydrogen-bond donors (Lipinski definition) is 4. The summed E-state index contributed by atoms with van der Waals surface area (Å²) in [6.45, 7) is 4.23. The van der Waals surface area contributed by atoms with E-state index in [1.165, 1.54) is 302 Å². The molecular formula is C63H125NO4. The fourth-order valence-electron chi connectivity index (χ4n) is 10.3. The van der Waals surface area contributed by atoms with Gasteiger partial charge in [0.25, 0.3) is 0 Å². The molecule has 68 heavy (non-hydrogen) atoms. The van der Waals surface area contributed by atoms with E-state index < -0.39 is 18.2 Å². The number of carbonyl (C=O) groups is 1. The molecule has 0 bridgehead atoms. The molecule has 0 fully saturated rings. The maximum Gasteiger partial charge on any atom is 0.220 e. The van der Waals surface area contributed by atoms with Crippen molar-refractivity contribution in [3.05, 3.63) is 12.2 Å². The van der Waals surface area contributed by atoms with E-state index in [0.717, 1.165) is 32.1 Å². The molecule has 5 heteroatoms. The van der Waals surface area contributed by atoms with E-state index in [1.54, 1.807) is 0 Å². The lowest BCUT2D eigenvalue weighted by Gasteiger charge is -2.26. The number of aliphatic hydroxyl groups is 3. The quantitative estimate of drug-likeness (QED) is 0.0361. The SMILES string of the molecule is CCCCCCCCCCCCCCCC/C=C\CCCCCCCCCCCCCCCCCCCC(=O)NC(CO)C(O)C(O)CCCCCCCCCCCCCCCCCCCCC. The van der Waals surface area contributed by atoms with Gasteiger partial charge in [-0.05, 0) is 38.5 Å². The van der Waals surface area contributed by atoms with Gasteiger partial charge in [-0.1, -0.05) is 328 Å². The van der Waals surface area contributed by atoms with Gasteiger partial charge in [-0.25, -0.2) is 0 Å². The van der Waals surface area contributed by atoms with Crippen LogP contribution in [0.2, 0.25) is 0 Å². The number of allylic oxidation sites excluding steroid dienone is 2. The van der Waals surface area contributed by atoms with Crippen LogP contribution in [-0.4, -0.2) is 46.1 Å². The third kappa shape index (κ3) is 52.9. The van der Waals surface area contributed by atoms with Gasteiger partial charge >= 0.3 is 0 Å². The summed E-state index contributed by atoms with van der Waals surface area (Å²) in [5.41, 5.74) is 0. The largest absolute Gasteiger partial charge is 0.394 e. The van der Waals surface area contributed by atoms with Crippen LogP contribution in [0.4, 0.5) is 0 Å². The summed E-state index contributed by atoms with van der Waals surface area (Å²) in [5.74, 6) is -0.137. The Morgan fingerprint density at radius 3 is 0.853 bits per heavy atom. The standard InChI is InChI=1S/C63H125NO4/c1-3-5-7-9-11-13-15-17-19-21-23-24-25-26-27-28-29-30-31-32-33-34-35-36-37-38-40-42-44-46-48-50-52-54-56-58-62(67)64-60(59-65)63(68)61(66)57-55-53-51-49-47-45-43-41-39-22-20-18-16-14-12-10-8-6-4-2/h28-29,60-61,63,65-66,68H,3-27,30-59H2,1-2H3,(H,64,67)/b29-28-. The summed E-state index contributed by atoms with van der Waals surface area (Å²) in [7, 11) is 0. The van der Waals surface area contributed by atoms with Crippen molar-refractivity contribution >= 4 is 5.91 Å². The Kier molecular flexibility index (Phi) is 57.9. The molecule has 406 valence electrons. The predicted octanol–water partition coefficient (Wildman–Crippen LogP) is 19.8. The Morgan fingerprint density at radius 2 is 0.588 bits per heavy atom. The Balaban J connectivity index is 3.45. The van der Waals surface area contributed by atoms with Crippen LogP contribution in [0, 0.1) is 0 Å². The molecule has 0 heterocycles. The average molecular weight is 961 g/mol. The first kappa shape index (κ1) is 67.1. The number of unbranched alkanes of at least 4 members (excludes halogenated alkanes) is 49.